The van der Waals surface area contributed by atoms with Crippen molar-refractivity contribution in [2.24, 2.45) is 0 Å². The molecule has 7 nitrogen and oxygen atoms in total. The Kier molecular flexibility index (Phi) is 5.74. The second-order valence-electron chi connectivity index (χ2n) is 7.20. The van der Waals surface area contributed by atoms with E-state index < -0.39 is 0 Å². The van der Waals surface area contributed by atoms with Crippen LogP contribution in [0.25, 0.3) is 22.3 Å². The van der Waals surface area contributed by atoms with Crippen molar-refractivity contribution in [3.63, 3.8) is 0 Å². The van der Waals surface area contributed by atoms with Crippen LogP contribution in [0, 0.1) is 18.3 Å². The molecule has 0 spiro atoms. The number of halogens is 1. The minimum absolute atomic E-state index is 0.167. The smallest absolute Gasteiger partial charge is 0.162 e. The van der Waals surface area contributed by atoms with Gasteiger partial charge in [-0.1, -0.05) is 35.9 Å². The highest BCUT2D eigenvalue weighted by Crippen LogP contribution is 2.43. The molecule has 0 fully saturated rings. The van der Waals surface area contributed by atoms with Crippen molar-refractivity contribution in [1.82, 2.24) is 19.9 Å². The summed E-state index contributed by atoms with van der Waals surface area (Å²) in [6.45, 7) is 3.99. The standard InChI is InChI=1S/C23H21ClN6O/c1-13-18(24)10-17(14(2)30-23-20-22(27-11-26-20)28-12-29-23)21(31-3)19(13)16-6-4-15(5-7-16)8-9-25/h4-7,10-12,14H,8H2,1-3H3,(H2,26,27,28,29,30). The Morgan fingerprint density at radius 3 is 2.71 bits per heavy atom. The van der Waals surface area contributed by atoms with Crippen LogP contribution in [0.1, 0.15) is 29.7 Å². The Balaban J connectivity index is 1.77. The summed E-state index contributed by atoms with van der Waals surface area (Å²) in [6, 6.07) is 11.8. The van der Waals surface area contributed by atoms with Crippen LogP contribution in [0.15, 0.2) is 43.0 Å². The molecule has 4 rings (SSSR count). The third-order valence-electron chi connectivity index (χ3n) is 5.27. The highest BCUT2D eigenvalue weighted by molar-refractivity contribution is 6.32. The van der Waals surface area contributed by atoms with Gasteiger partial charge in [-0.2, -0.15) is 5.26 Å². The van der Waals surface area contributed by atoms with Crippen molar-refractivity contribution in [3.8, 4) is 22.9 Å². The lowest BCUT2D eigenvalue weighted by Crippen LogP contribution is -2.11. The van der Waals surface area contributed by atoms with Crippen LogP contribution in [0.2, 0.25) is 5.02 Å². The number of hydrogen-bond acceptors (Lipinski definition) is 6. The Morgan fingerprint density at radius 1 is 1.23 bits per heavy atom. The van der Waals surface area contributed by atoms with Crippen LogP contribution in [0.3, 0.4) is 0 Å². The van der Waals surface area contributed by atoms with Gasteiger partial charge in [-0.25, -0.2) is 15.0 Å². The first kappa shape index (κ1) is 20.6. The van der Waals surface area contributed by atoms with Crippen LogP contribution in [-0.2, 0) is 6.42 Å². The number of fused-ring (bicyclic) bond motifs is 1. The number of imidazole rings is 1. The monoisotopic (exact) mass is 432 g/mol. The maximum Gasteiger partial charge on any atom is 0.162 e. The number of nitrogens with one attached hydrogen (secondary N) is 2. The minimum Gasteiger partial charge on any atom is -0.496 e. The van der Waals surface area contributed by atoms with E-state index in [1.807, 2.05) is 44.2 Å². The fourth-order valence-electron chi connectivity index (χ4n) is 3.67. The van der Waals surface area contributed by atoms with E-state index in [0.29, 0.717) is 28.4 Å². The van der Waals surface area contributed by atoms with Crippen molar-refractivity contribution in [2.75, 3.05) is 12.4 Å². The van der Waals surface area contributed by atoms with Gasteiger partial charge in [0.15, 0.2) is 11.5 Å². The van der Waals surface area contributed by atoms with Gasteiger partial charge in [-0.05, 0) is 36.6 Å². The number of nitriles is 1. The van der Waals surface area contributed by atoms with E-state index in [2.05, 4.69) is 31.3 Å². The lowest BCUT2D eigenvalue weighted by atomic mass is 9.93. The van der Waals surface area contributed by atoms with Gasteiger partial charge >= 0.3 is 0 Å². The summed E-state index contributed by atoms with van der Waals surface area (Å²) in [4.78, 5) is 15.8. The number of aromatic nitrogens is 4. The van der Waals surface area contributed by atoms with Crippen LogP contribution >= 0.6 is 11.6 Å². The molecule has 2 aromatic carbocycles. The molecule has 0 aliphatic rings. The Bertz CT molecular complexity index is 1280. The number of nitrogens with zero attached hydrogens (tertiary/aromatic N) is 4. The van der Waals surface area contributed by atoms with Crippen LogP contribution in [-0.4, -0.2) is 27.0 Å². The lowest BCUT2D eigenvalue weighted by Gasteiger charge is -2.23. The molecule has 0 radical (unpaired) electrons. The molecule has 0 bridgehead atoms. The predicted molar refractivity (Wildman–Crippen MR) is 121 cm³/mol. The number of benzene rings is 2. The quantitative estimate of drug-likeness (QED) is 0.432. The molecular weight excluding hydrogens is 412 g/mol. The average Bonchev–Trinajstić information content (AvgIpc) is 3.26. The van der Waals surface area contributed by atoms with E-state index in [1.54, 1.807) is 13.4 Å². The SMILES string of the molecule is COc1c(C(C)Nc2ncnc3[nH]cnc23)cc(Cl)c(C)c1-c1ccc(CC#N)cc1. The number of methoxy groups -OCH3 is 1. The summed E-state index contributed by atoms with van der Waals surface area (Å²) in [6.07, 6.45) is 3.45. The summed E-state index contributed by atoms with van der Waals surface area (Å²) in [5.41, 5.74) is 6.03. The highest BCUT2D eigenvalue weighted by atomic mass is 35.5. The zero-order valence-corrected chi connectivity index (χ0v) is 18.2. The molecule has 0 amide bonds. The molecule has 1 atom stereocenters. The van der Waals surface area contributed by atoms with E-state index in [9.17, 15) is 0 Å². The second-order valence-corrected chi connectivity index (χ2v) is 7.61. The summed E-state index contributed by atoms with van der Waals surface area (Å²) in [5.74, 6) is 1.36. The molecule has 2 N–H and O–H groups in total. The van der Waals surface area contributed by atoms with Gasteiger partial charge in [0.1, 0.15) is 17.6 Å². The number of hydrogen-bond donors (Lipinski definition) is 2. The molecule has 4 aromatic rings. The number of ether oxygens (including phenoxy) is 1. The maximum atomic E-state index is 8.93. The van der Waals surface area contributed by atoms with Gasteiger partial charge in [0.05, 0.1) is 32.0 Å². The maximum absolute atomic E-state index is 8.93. The Labute approximate surface area is 185 Å². The molecule has 31 heavy (non-hydrogen) atoms. The third-order valence-corrected chi connectivity index (χ3v) is 5.66. The minimum atomic E-state index is -0.167. The van der Waals surface area contributed by atoms with Gasteiger partial charge in [-0.3, -0.25) is 0 Å². The molecule has 156 valence electrons. The highest BCUT2D eigenvalue weighted by Gasteiger charge is 2.22. The van der Waals surface area contributed by atoms with Gasteiger partial charge < -0.3 is 15.0 Å². The van der Waals surface area contributed by atoms with Gasteiger partial charge in [-0.15, -0.1) is 0 Å². The van der Waals surface area contributed by atoms with Crippen LogP contribution in [0.4, 0.5) is 5.82 Å². The molecule has 2 aromatic heterocycles. The number of anilines is 1. The average molecular weight is 433 g/mol. The zero-order valence-electron chi connectivity index (χ0n) is 17.4. The van der Waals surface area contributed by atoms with Gasteiger partial charge in [0, 0.05) is 16.1 Å². The fourth-order valence-corrected chi connectivity index (χ4v) is 3.88. The molecular formula is C23H21ClN6O. The fraction of sp³-hybridized carbons (Fsp3) is 0.217. The molecule has 8 heteroatoms. The second kappa shape index (κ2) is 8.62. The van der Waals surface area contributed by atoms with E-state index in [0.717, 1.165) is 33.6 Å². The largest absolute Gasteiger partial charge is 0.496 e. The zero-order chi connectivity index (χ0) is 22.0. The van der Waals surface area contributed by atoms with Crippen LogP contribution in [0.5, 0.6) is 5.75 Å². The van der Waals surface area contributed by atoms with E-state index in [-0.39, 0.29) is 6.04 Å². The molecule has 1 unspecified atom stereocenters. The first-order valence-electron chi connectivity index (χ1n) is 9.77. The van der Waals surface area contributed by atoms with Gasteiger partial charge in [0.2, 0.25) is 0 Å². The van der Waals surface area contributed by atoms with Crippen molar-refractivity contribution in [1.29, 1.82) is 5.26 Å². The number of aromatic amines is 1. The number of H-pyrrole nitrogens is 1. The molecule has 2 heterocycles. The molecule has 0 saturated carbocycles. The van der Waals surface area contributed by atoms with Crippen molar-refractivity contribution >= 4 is 28.6 Å². The first-order chi connectivity index (χ1) is 15.0. The Morgan fingerprint density at radius 2 is 2.00 bits per heavy atom. The third kappa shape index (κ3) is 3.90. The first-order valence-corrected chi connectivity index (χ1v) is 10.1. The van der Waals surface area contributed by atoms with Crippen molar-refractivity contribution in [2.45, 2.75) is 26.3 Å². The lowest BCUT2D eigenvalue weighted by molar-refractivity contribution is 0.409. The molecule has 0 aliphatic carbocycles. The van der Waals surface area contributed by atoms with E-state index in [1.165, 1.54) is 6.33 Å². The molecule has 0 aliphatic heterocycles. The summed E-state index contributed by atoms with van der Waals surface area (Å²) in [7, 11) is 1.66. The van der Waals surface area contributed by atoms with Crippen molar-refractivity contribution < 1.29 is 4.74 Å². The topological polar surface area (TPSA) is 99.5 Å². The van der Waals surface area contributed by atoms with Crippen molar-refractivity contribution in [3.05, 3.63) is 64.7 Å². The van der Waals surface area contributed by atoms with Crippen LogP contribution < -0.4 is 10.1 Å². The molecule has 0 saturated heterocycles. The summed E-state index contributed by atoms with van der Waals surface area (Å²) < 4.78 is 5.87. The summed E-state index contributed by atoms with van der Waals surface area (Å²) >= 11 is 6.63. The normalized spacial score (nSPS) is 11.8. The number of rotatable bonds is 6. The van der Waals surface area contributed by atoms with Gasteiger partial charge in [0.25, 0.3) is 0 Å². The Hall–Kier alpha value is -3.63. The van der Waals surface area contributed by atoms with E-state index in [4.69, 9.17) is 21.6 Å². The predicted octanol–water partition coefficient (Wildman–Crippen LogP) is 5.23. The summed E-state index contributed by atoms with van der Waals surface area (Å²) in [5, 5.41) is 13.0. The van der Waals surface area contributed by atoms with E-state index >= 15 is 0 Å².